The molecule has 2 aromatic carbocycles. The Hall–Kier alpha value is -4.19. The second-order valence-corrected chi connectivity index (χ2v) is 6.47. The summed E-state index contributed by atoms with van der Waals surface area (Å²) in [6, 6.07) is 22.4. The first-order chi connectivity index (χ1) is 14.1. The zero-order valence-electron chi connectivity index (χ0n) is 15.4. The Labute approximate surface area is 166 Å². The van der Waals surface area contributed by atoms with Gasteiger partial charge in [-0.3, -0.25) is 14.2 Å². The highest BCUT2D eigenvalue weighted by Crippen LogP contribution is 2.25. The van der Waals surface area contributed by atoms with Crippen molar-refractivity contribution < 1.29 is 9.52 Å². The van der Waals surface area contributed by atoms with Gasteiger partial charge in [0.1, 0.15) is 0 Å². The molecular formula is C23H17N3O3. The zero-order chi connectivity index (χ0) is 20.4. The summed E-state index contributed by atoms with van der Waals surface area (Å²) in [5.74, 6) is -0.629. The number of nitrogens with zero attached hydrogens (tertiary/aromatic N) is 2. The SMILES string of the molecule is NC(=O)c1ccccc1-c1cc(-c2cccc[n+]2[O-])cn(-c2ccccc2)c1=O. The van der Waals surface area contributed by atoms with Crippen molar-refractivity contribution in [1.82, 2.24) is 4.57 Å². The molecule has 4 aromatic rings. The lowest BCUT2D eigenvalue weighted by Gasteiger charge is -2.13. The van der Waals surface area contributed by atoms with E-state index in [1.165, 1.54) is 10.8 Å². The Morgan fingerprint density at radius 3 is 2.31 bits per heavy atom. The fourth-order valence-electron chi connectivity index (χ4n) is 3.28. The zero-order valence-corrected chi connectivity index (χ0v) is 15.4. The predicted molar refractivity (Wildman–Crippen MR) is 110 cm³/mol. The molecule has 2 N–H and O–H groups in total. The van der Waals surface area contributed by atoms with E-state index in [1.54, 1.807) is 66.9 Å². The molecule has 0 spiro atoms. The molecule has 142 valence electrons. The molecule has 6 nitrogen and oxygen atoms in total. The van der Waals surface area contributed by atoms with Crippen LogP contribution in [0, 0.1) is 5.21 Å². The smallest absolute Gasteiger partial charge is 0.263 e. The van der Waals surface area contributed by atoms with Crippen LogP contribution in [0.1, 0.15) is 10.4 Å². The van der Waals surface area contributed by atoms with E-state index in [2.05, 4.69) is 0 Å². The van der Waals surface area contributed by atoms with Crippen LogP contribution in [-0.2, 0) is 0 Å². The first-order valence-corrected chi connectivity index (χ1v) is 8.96. The standard InChI is InChI=1S/C23H17N3O3/c24-22(27)19-11-5-4-10-18(19)20-14-16(21-12-6-7-13-26(21)29)15-25(23(20)28)17-8-2-1-3-9-17/h1-15H,(H2,24,27). The molecule has 6 heteroatoms. The van der Waals surface area contributed by atoms with Gasteiger partial charge in [-0.2, -0.15) is 4.73 Å². The van der Waals surface area contributed by atoms with Crippen LogP contribution in [0.2, 0.25) is 0 Å². The Balaban J connectivity index is 2.07. The van der Waals surface area contributed by atoms with E-state index in [1.807, 2.05) is 18.2 Å². The number of hydrogen-bond acceptors (Lipinski definition) is 3. The molecule has 0 radical (unpaired) electrons. The van der Waals surface area contributed by atoms with Crippen LogP contribution in [0.4, 0.5) is 0 Å². The quantitative estimate of drug-likeness (QED) is 0.434. The highest BCUT2D eigenvalue weighted by atomic mass is 16.5. The topological polar surface area (TPSA) is 92.0 Å². The molecule has 0 unspecified atom stereocenters. The van der Waals surface area contributed by atoms with Crippen molar-refractivity contribution >= 4 is 5.91 Å². The summed E-state index contributed by atoms with van der Waals surface area (Å²) in [6.45, 7) is 0. The number of pyridine rings is 2. The second kappa shape index (κ2) is 7.44. The molecule has 0 saturated carbocycles. The van der Waals surface area contributed by atoms with Gasteiger partial charge in [-0.15, -0.1) is 0 Å². The summed E-state index contributed by atoms with van der Waals surface area (Å²) < 4.78 is 2.20. The van der Waals surface area contributed by atoms with Crippen LogP contribution in [-0.4, -0.2) is 10.5 Å². The number of aromatic nitrogens is 2. The number of carbonyl (C=O) groups excluding carboxylic acids is 1. The molecule has 29 heavy (non-hydrogen) atoms. The lowest BCUT2D eigenvalue weighted by Crippen LogP contribution is -2.29. The summed E-state index contributed by atoms with van der Waals surface area (Å²) in [7, 11) is 0. The lowest BCUT2D eigenvalue weighted by molar-refractivity contribution is -0.593. The van der Waals surface area contributed by atoms with E-state index in [0.29, 0.717) is 22.5 Å². The largest absolute Gasteiger partial charge is 0.618 e. The minimum Gasteiger partial charge on any atom is -0.618 e. The van der Waals surface area contributed by atoms with Gasteiger partial charge in [-0.25, -0.2) is 0 Å². The summed E-state index contributed by atoms with van der Waals surface area (Å²) in [5, 5.41) is 12.3. The fourth-order valence-corrected chi connectivity index (χ4v) is 3.28. The Morgan fingerprint density at radius 1 is 0.897 bits per heavy atom. The third-order valence-corrected chi connectivity index (χ3v) is 4.65. The van der Waals surface area contributed by atoms with Crippen molar-refractivity contribution in [3.63, 3.8) is 0 Å². The molecule has 0 fully saturated rings. The summed E-state index contributed by atoms with van der Waals surface area (Å²) in [5.41, 5.74) is 7.72. The average Bonchev–Trinajstić information content (AvgIpc) is 2.75. The Morgan fingerprint density at radius 2 is 1.59 bits per heavy atom. The van der Waals surface area contributed by atoms with E-state index < -0.39 is 5.91 Å². The van der Waals surface area contributed by atoms with Crippen molar-refractivity contribution in [2.75, 3.05) is 0 Å². The maximum atomic E-state index is 13.3. The van der Waals surface area contributed by atoms with Crippen molar-refractivity contribution in [3.8, 4) is 28.1 Å². The minimum absolute atomic E-state index is 0.240. The molecule has 0 aliphatic heterocycles. The summed E-state index contributed by atoms with van der Waals surface area (Å²) in [6.07, 6.45) is 3.02. The molecule has 0 bridgehead atoms. The van der Waals surface area contributed by atoms with Gasteiger partial charge in [0.25, 0.3) is 5.56 Å². The number of carbonyl (C=O) groups is 1. The third kappa shape index (κ3) is 3.39. The number of rotatable bonds is 4. The van der Waals surface area contributed by atoms with Crippen molar-refractivity contribution in [3.05, 3.63) is 112 Å². The molecule has 0 aliphatic rings. The molecule has 2 heterocycles. The van der Waals surface area contributed by atoms with Gasteiger partial charge >= 0.3 is 0 Å². The molecule has 2 aromatic heterocycles. The van der Waals surface area contributed by atoms with Gasteiger partial charge in [0.2, 0.25) is 11.6 Å². The minimum atomic E-state index is -0.629. The van der Waals surface area contributed by atoms with Crippen LogP contribution in [0.5, 0.6) is 0 Å². The third-order valence-electron chi connectivity index (χ3n) is 4.65. The van der Waals surface area contributed by atoms with Gasteiger partial charge in [-0.1, -0.05) is 36.4 Å². The molecule has 0 aliphatic carbocycles. The van der Waals surface area contributed by atoms with Crippen LogP contribution >= 0.6 is 0 Å². The second-order valence-electron chi connectivity index (χ2n) is 6.47. The van der Waals surface area contributed by atoms with Crippen molar-refractivity contribution in [2.45, 2.75) is 0 Å². The van der Waals surface area contributed by atoms with Crippen molar-refractivity contribution in [2.24, 2.45) is 5.73 Å². The van der Waals surface area contributed by atoms with Crippen molar-refractivity contribution in [1.29, 1.82) is 0 Å². The Bertz CT molecular complexity index is 1260. The van der Waals surface area contributed by atoms with Gasteiger partial charge in [0.05, 0.1) is 5.56 Å². The molecule has 0 saturated heterocycles. The van der Waals surface area contributed by atoms with Gasteiger partial charge in [0.15, 0.2) is 6.20 Å². The van der Waals surface area contributed by atoms with Crippen LogP contribution in [0.15, 0.2) is 96.1 Å². The number of nitrogens with two attached hydrogens (primary N) is 1. The number of para-hydroxylation sites is 1. The lowest BCUT2D eigenvalue weighted by atomic mass is 9.98. The number of primary amides is 1. The molecule has 1 amide bonds. The highest BCUT2D eigenvalue weighted by Gasteiger charge is 2.18. The summed E-state index contributed by atoms with van der Waals surface area (Å²) >= 11 is 0. The van der Waals surface area contributed by atoms with E-state index in [-0.39, 0.29) is 16.7 Å². The highest BCUT2D eigenvalue weighted by molar-refractivity contribution is 6.00. The Kier molecular flexibility index (Phi) is 4.66. The number of benzene rings is 2. The predicted octanol–water partition coefficient (Wildman–Crippen LogP) is 2.90. The maximum absolute atomic E-state index is 13.3. The van der Waals surface area contributed by atoms with Crippen LogP contribution in [0.25, 0.3) is 28.1 Å². The van der Waals surface area contributed by atoms with E-state index >= 15 is 0 Å². The van der Waals surface area contributed by atoms with Gasteiger partial charge in [-0.05, 0) is 35.9 Å². The number of amides is 1. The van der Waals surface area contributed by atoms with Gasteiger partial charge < -0.3 is 10.9 Å². The fraction of sp³-hybridized carbons (Fsp3) is 0. The summed E-state index contributed by atoms with van der Waals surface area (Å²) in [4.78, 5) is 25.3. The van der Waals surface area contributed by atoms with Crippen LogP contribution in [0.3, 0.4) is 0 Å². The number of hydrogen-bond donors (Lipinski definition) is 1. The monoisotopic (exact) mass is 383 g/mol. The maximum Gasteiger partial charge on any atom is 0.263 e. The van der Waals surface area contributed by atoms with E-state index in [0.717, 1.165) is 4.73 Å². The first-order valence-electron chi connectivity index (χ1n) is 8.96. The molecular weight excluding hydrogens is 366 g/mol. The van der Waals surface area contributed by atoms with E-state index in [9.17, 15) is 14.8 Å². The van der Waals surface area contributed by atoms with E-state index in [4.69, 9.17) is 5.73 Å². The van der Waals surface area contributed by atoms with Crippen LogP contribution < -0.4 is 16.0 Å². The molecule has 4 rings (SSSR count). The van der Waals surface area contributed by atoms with Gasteiger partial charge in [0, 0.05) is 35.1 Å². The first kappa shape index (κ1) is 18.2. The average molecular weight is 383 g/mol. The normalized spacial score (nSPS) is 10.6. The molecule has 0 atom stereocenters.